The minimum absolute atomic E-state index is 0.846. The quantitative estimate of drug-likeness (QED) is 0.178. The topological polar surface area (TPSA) is 34.5 Å². The molecular weight excluding hydrogens is 685 g/mol. The van der Waals surface area contributed by atoms with Crippen molar-refractivity contribution in [3.8, 4) is 16.8 Å². The third-order valence-corrected chi connectivity index (χ3v) is 11.4. The van der Waals surface area contributed by atoms with Crippen LogP contribution in [0.3, 0.4) is 0 Å². The smallest absolute Gasteiger partial charge is 0.137 e. The standard InChI is InChI=1S/C52H32N2O2/c1-2-14-34-31-51-43(29-33(34)13-1)42-30-35(25-28-50(42)56-51)37-15-3-7-19-44(37)53(36-26-27-41-40-18-6-12-24-49(40)55-52(41)32-36)47-22-10-11-23-48(47)54-45-20-8-4-16-38(45)39-17-5-9-21-46(39)54/h1-32H. The van der Waals surface area contributed by atoms with Crippen molar-refractivity contribution in [1.29, 1.82) is 0 Å². The highest BCUT2D eigenvalue weighted by atomic mass is 16.3. The first-order valence-corrected chi connectivity index (χ1v) is 19.0. The van der Waals surface area contributed by atoms with E-state index in [4.69, 9.17) is 8.83 Å². The molecule has 0 saturated carbocycles. The molecule has 0 unspecified atom stereocenters. The molecule has 12 rings (SSSR count). The van der Waals surface area contributed by atoms with E-state index in [2.05, 4.69) is 191 Å². The average molecular weight is 717 g/mol. The van der Waals surface area contributed by atoms with Gasteiger partial charge in [-0.1, -0.05) is 115 Å². The van der Waals surface area contributed by atoms with E-state index in [0.717, 1.165) is 88.8 Å². The van der Waals surface area contributed by atoms with E-state index in [-0.39, 0.29) is 0 Å². The van der Waals surface area contributed by atoms with Crippen LogP contribution in [0.1, 0.15) is 0 Å². The van der Waals surface area contributed by atoms with Crippen LogP contribution in [0.2, 0.25) is 0 Å². The monoisotopic (exact) mass is 716 g/mol. The van der Waals surface area contributed by atoms with E-state index < -0.39 is 0 Å². The zero-order valence-electron chi connectivity index (χ0n) is 30.2. The third-order valence-electron chi connectivity index (χ3n) is 11.4. The summed E-state index contributed by atoms with van der Waals surface area (Å²) in [6.45, 7) is 0. The van der Waals surface area contributed by atoms with Gasteiger partial charge in [-0.25, -0.2) is 0 Å². The molecule has 0 fully saturated rings. The first kappa shape index (κ1) is 30.9. The molecule has 0 aliphatic carbocycles. The molecule has 4 heteroatoms. The zero-order valence-corrected chi connectivity index (χ0v) is 30.2. The number of aromatic nitrogens is 1. The molecule has 0 saturated heterocycles. The van der Waals surface area contributed by atoms with Gasteiger partial charge in [-0.05, 0) is 89.1 Å². The minimum atomic E-state index is 0.846. The first-order chi connectivity index (χ1) is 27.8. The number of rotatable bonds is 5. The van der Waals surface area contributed by atoms with Crippen molar-refractivity contribution in [2.75, 3.05) is 4.90 Å². The Hall–Kier alpha value is -7.56. The molecule has 56 heavy (non-hydrogen) atoms. The first-order valence-electron chi connectivity index (χ1n) is 19.0. The van der Waals surface area contributed by atoms with Crippen LogP contribution >= 0.6 is 0 Å². The maximum atomic E-state index is 6.52. The Morgan fingerprint density at radius 1 is 0.357 bits per heavy atom. The summed E-state index contributed by atoms with van der Waals surface area (Å²) in [7, 11) is 0. The lowest BCUT2D eigenvalue weighted by Gasteiger charge is -2.30. The summed E-state index contributed by atoms with van der Waals surface area (Å²) in [6.07, 6.45) is 0. The van der Waals surface area contributed by atoms with E-state index >= 15 is 0 Å². The van der Waals surface area contributed by atoms with Crippen LogP contribution in [0.4, 0.5) is 17.1 Å². The number of nitrogens with zero attached hydrogens (tertiary/aromatic N) is 2. The molecular formula is C52H32N2O2. The van der Waals surface area contributed by atoms with Crippen LogP contribution < -0.4 is 4.90 Å². The van der Waals surface area contributed by atoms with Crippen molar-refractivity contribution in [3.05, 3.63) is 194 Å². The van der Waals surface area contributed by atoms with Gasteiger partial charge in [0.1, 0.15) is 22.3 Å². The average Bonchev–Trinajstić information content (AvgIpc) is 3.92. The molecule has 0 amide bonds. The molecule has 0 aliphatic rings. The zero-order chi connectivity index (χ0) is 36.7. The highest BCUT2D eigenvalue weighted by Crippen LogP contribution is 2.47. The number of fused-ring (bicyclic) bond motifs is 10. The second-order valence-corrected chi connectivity index (χ2v) is 14.5. The van der Waals surface area contributed by atoms with Gasteiger partial charge < -0.3 is 18.3 Å². The number of hydrogen-bond donors (Lipinski definition) is 0. The maximum absolute atomic E-state index is 6.52. The van der Waals surface area contributed by atoms with Gasteiger partial charge in [0.25, 0.3) is 0 Å². The number of anilines is 3. The van der Waals surface area contributed by atoms with Gasteiger partial charge in [0.2, 0.25) is 0 Å². The predicted molar refractivity (Wildman–Crippen MR) is 233 cm³/mol. The number of para-hydroxylation sites is 6. The summed E-state index contributed by atoms with van der Waals surface area (Å²) in [5.74, 6) is 0. The Balaban J connectivity index is 1.13. The Morgan fingerprint density at radius 3 is 1.73 bits per heavy atom. The van der Waals surface area contributed by atoms with Gasteiger partial charge in [0.15, 0.2) is 0 Å². The van der Waals surface area contributed by atoms with Crippen molar-refractivity contribution in [2.24, 2.45) is 0 Å². The van der Waals surface area contributed by atoms with Crippen LogP contribution in [0.5, 0.6) is 0 Å². The highest BCUT2D eigenvalue weighted by molar-refractivity contribution is 6.13. The molecule has 0 aliphatic heterocycles. The molecule has 4 nitrogen and oxygen atoms in total. The SMILES string of the molecule is c1ccc(N(c2ccc3c(c2)oc2ccccc23)c2ccccc2-n2c3ccccc3c3ccccc32)c(-c2ccc3oc4cc5ccccc5cc4c3c2)c1. The summed E-state index contributed by atoms with van der Waals surface area (Å²) in [5, 5.41) is 9.23. The molecule has 9 aromatic carbocycles. The fourth-order valence-electron chi connectivity index (χ4n) is 8.83. The van der Waals surface area contributed by atoms with Gasteiger partial charge >= 0.3 is 0 Å². The minimum Gasteiger partial charge on any atom is -0.456 e. The molecule has 12 aromatic rings. The predicted octanol–water partition coefficient (Wildman–Crippen LogP) is 14.9. The van der Waals surface area contributed by atoms with Crippen molar-refractivity contribution in [1.82, 2.24) is 4.57 Å². The Morgan fingerprint density at radius 2 is 0.929 bits per heavy atom. The number of furan rings is 2. The van der Waals surface area contributed by atoms with E-state index in [1.165, 1.54) is 21.5 Å². The largest absolute Gasteiger partial charge is 0.456 e. The van der Waals surface area contributed by atoms with Crippen LogP contribution in [-0.4, -0.2) is 4.57 Å². The van der Waals surface area contributed by atoms with Gasteiger partial charge in [-0.15, -0.1) is 0 Å². The Bertz CT molecular complexity index is 3460. The lowest BCUT2D eigenvalue weighted by Crippen LogP contribution is -2.14. The molecule has 0 spiro atoms. The summed E-state index contributed by atoms with van der Waals surface area (Å²) in [6, 6.07) is 69.2. The maximum Gasteiger partial charge on any atom is 0.137 e. The molecule has 0 N–H and O–H groups in total. The van der Waals surface area contributed by atoms with Gasteiger partial charge in [-0.3, -0.25) is 0 Å². The Kier molecular flexibility index (Phi) is 6.60. The molecule has 0 bridgehead atoms. The Labute approximate surface area is 321 Å². The van der Waals surface area contributed by atoms with Gasteiger partial charge in [0.05, 0.1) is 28.1 Å². The highest BCUT2D eigenvalue weighted by Gasteiger charge is 2.24. The van der Waals surface area contributed by atoms with E-state index in [1.54, 1.807) is 0 Å². The number of hydrogen-bond acceptors (Lipinski definition) is 3. The lowest BCUT2D eigenvalue weighted by molar-refractivity contribution is 0.669. The fraction of sp³-hybridized carbons (Fsp3) is 0. The summed E-state index contributed by atoms with van der Waals surface area (Å²) >= 11 is 0. The third kappa shape index (κ3) is 4.60. The van der Waals surface area contributed by atoms with Gasteiger partial charge in [-0.2, -0.15) is 0 Å². The summed E-state index contributed by atoms with van der Waals surface area (Å²) in [5.41, 5.74) is 12.2. The normalized spacial score (nSPS) is 11.9. The molecule has 0 radical (unpaired) electrons. The summed E-state index contributed by atoms with van der Waals surface area (Å²) < 4.78 is 15.4. The fourth-order valence-corrected chi connectivity index (χ4v) is 8.83. The second-order valence-electron chi connectivity index (χ2n) is 14.5. The molecule has 262 valence electrons. The number of benzene rings is 9. The molecule has 3 aromatic heterocycles. The van der Waals surface area contributed by atoms with Crippen molar-refractivity contribution in [3.63, 3.8) is 0 Å². The van der Waals surface area contributed by atoms with Crippen molar-refractivity contribution >= 4 is 93.5 Å². The van der Waals surface area contributed by atoms with Crippen LogP contribution in [0, 0.1) is 0 Å². The summed E-state index contributed by atoms with van der Waals surface area (Å²) in [4.78, 5) is 2.39. The van der Waals surface area contributed by atoms with E-state index in [9.17, 15) is 0 Å². The van der Waals surface area contributed by atoms with Crippen LogP contribution in [0.15, 0.2) is 203 Å². The molecule has 0 atom stereocenters. The van der Waals surface area contributed by atoms with E-state index in [1.807, 2.05) is 12.1 Å². The van der Waals surface area contributed by atoms with Gasteiger partial charge in [0, 0.05) is 49.6 Å². The lowest BCUT2D eigenvalue weighted by atomic mass is 9.99. The van der Waals surface area contributed by atoms with Crippen molar-refractivity contribution in [2.45, 2.75) is 0 Å². The van der Waals surface area contributed by atoms with Crippen LogP contribution in [0.25, 0.3) is 93.3 Å². The van der Waals surface area contributed by atoms with Crippen LogP contribution in [-0.2, 0) is 0 Å². The van der Waals surface area contributed by atoms with E-state index in [0.29, 0.717) is 0 Å². The molecule has 3 heterocycles. The van der Waals surface area contributed by atoms with Crippen molar-refractivity contribution < 1.29 is 8.83 Å². The second kappa shape index (κ2) is 12.0.